The van der Waals surface area contributed by atoms with Crippen molar-refractivity contribution in [3.05, 3.63) is 163 Å². The van der Waals surface area contributed by atoms with Crippen molar-refractivity contribution in [3.63, 3.8) is 0 Å². The molecule has 8 aromatic rings. The van der Waals surface area contributed by atoms with Gasteiger partial charge in [0.2, 0.25) is 0 Å². The SMILES string of the molecule is CC1(C)c2cc(-c3cc(-c4ccccc4)nc(-c4ccccc4)c3)ccc2-c2ccc3c4ccccc4c4ccccc4c3c21. The monoisotopic (exact) mass is 573 g/mol. The minimum Gasteiger partial charge on any atom is -0.248 e. The molecule has 1 nitrogen and oxygen atoms in total. The highest BCUT2D eigenvalue weighted by Crippen LogP contribution is 2.54. The predicted octanol–water partition coefficient (Wildman–Crippen LogP) is 11.8. The van der Waals surface area contributed by atoms with Gasteiger partial charge in [0.05, 0.1) is 11.4 Å². The van der Waals surface area contributed by atoms with Gasteiger partial charge in [-0.15, -0.1) is 0 Å². The first kappa shape index (κ1) is 25.9. The van der Waals surface area contributed by atoms with Crippen LogP contribution in [0.15, 0.2) is 152 Å². The van der Waals surface area contributed by atoms with Crippen LogP contribution in [0.2, 0.25) is 0 Å². The quantitative estimate of drug-likeness (QED) is 0.192. The number of nitrogens with zero attached hydrogens (tertiary/aromatic N) is 1. The minimum absolute atomic E-state index is 0.178. The van der Waals surface area contributed by atoms with E-state index in [-0.39, 0.29) is 5.41 Å². The topological polar surface area (TPSA) is 12.9 Å². The Kier molecular flexibility index (Phi) is 5.61. The molecule has 212 valence electrons. The molecule has 0 radical (unpaired) electrons. The predicted molar refractivity (Wildman–Crippen MR) is 191 cm³/mol. The molecular weight excluding hydrogens is 542 g/mol. The molecule has 1 aliphatic carbocycles. The fourth-order valence-corrected chi connectivity index (χ4v) is 7.69. The molecule has 1 aliphatic rings. The Bertz CT molecular complexity index is 2340. The van der Waals surface area contributed by atoms with Gasteiger partial charge in [-0.1, -0.05) is 147 Å². The molecule has 0 N–H and O–H groups in total. The summed E-state index contributed by atoms with van der Waals surface area (Å²) in [4.78, 5) is 5.12. The lowest BCUT2D eigenvalue weighted by molar-refractivity contribution is 0.667. The molecule has 0 saturated heterocycles. The number of benzene rings is 7. The highest BCUT2D eigenvalue weighted by Gasteiger charge is 2.38. The van der Waals surface area contributed by atoms with Gasteiger partial charge in [-0.2, -0.15) is 0 Å². The van der Waals surface area contributed by atoms with Gasteiger partial charge in [0.25, 0.3) is 0 Å². The smallest absolute Gasteiger partial charge is 0.0715 e. The molecule has 7 aromatic carbocycles. The molecule has 0 fully saturated rings. The van der Waals surface area contributed by atoms with E-state index in [1.54, 1.807) is 0 Å². The van der Waals surface area contributed by atoms with E-state index >= 15 is 0 Å². The Balaban J connectivity index is 1.27. The third kappa shape index (κ3) is 3.90. The Hall–Kier alpha value is -5.53. The molecule has 45 heavy (non-hydrogen) atoms. The summed E-state index contributed by atoms with van der Waals surface area (Å²) in [6, 6.07) is 55.1. The summed E-state index contributed by atoms with van der Waals surface area (Å²) >= 11 is 0. The first-order chi connectivity index (χ1) is 22.1. The Labute approximate surface area is 263 Å². The van der Waals surface area contributed by atoms with Crippen LogP contribution in [0, 0.1) is 0 Å². The summed E-state index contributed by atoms with van der Waals surface area (Å²) < 4.78 is 0. The van der Waals surface area contributed by atoms with Crippen molar-refractivity contribution in [1.82, 2.24) is 4.98 Å². The molecule has 9 rings (SSSR count). The molecule has 0 saturated carbocycles. The Morgan fingerprint density at radius 3 is 1.49 bits per heavy atom. The molecule has 0 spiro atoms. The highest BCUT2D eigenvalue weighted by atomic mass is 14.7. The van der Waals surface area contributed by atoms with Crippen molar-refractivity contribution in [3.8, 4) is 44.8 Å². The molecule has 0 bridgehead atoms. The van der Waals surface area contributed by atoms with E-state index in [2.05, 4.69) is 166 Å². The summed E-state index contributed by atoms with van der Waals surface area (Å²) in [7, 11) is 0. The molecule has 1 aromatic heterocycles. The number of hydrogen-bond acceptors (Lipinski definition) is 1. The number of aromatic nitrogens is 1. The van der Waals surface area contributed by atoms with Gasteiger partial charge in [0, 0.05) is 16.5 Å². The lowest BCUT2D eigenvalue weighted by Crippen LogP contribution is -2.16. The van der Waals surface area contributed by atoms with Crippen LogP contribution >= 0.6 is 0 Å². The largest absolute Gasteiger partial charge is 0.248 e. The van der Waals surface area contributed by atoms with Gasteiger partial charge >= 0.3 is 0 Å². The Morgan fingerprint density at radius 2 is 0.889 bits per heavy atom. The maximum atomic E-state index is 5.12. The van der Waals surface area contributed by atoms with Crippen molar-refractivity contribution in [1.29, 1.82) is 0 Å². The molecule has 0 amide bonds. The van der Waals surface area contributed by atoms with Crippen LogP contribution in [0.1, 0.15) is 25.0 Å². The van der Waals surface area contributed by atoms with E-state index in [1.807, 2.05) is 0 Å². The maximum absolute atomic E-state index is 5.12. The number of hydrogen-bond donors (Lipinski definition) is 0. The zero-order valence-corrected chi connectivity index (χ0v) is 25.4. The molecule has 0 aliphatic heterocycles. The van der Waals surface area contributed by atoms with Crippen LogP contribution < -0.4 is 0 Å². The third-order valence-electron chi connectivity index (χ3n) is 9.82. The zero-order chi connectivity index (χ0) is 30.1. The fraction of sp³-hybridized carbons (Fsp3) is 0.0682. The maximum Gasteiger partial charge on any atom is 0.0715 e. The van der Waals surface area contributed by atoms with E-state index in [9.17, 15) is 0 Å². The minimum atomic E-state index is -0.178. The highest BCUT2D eigenvalue weighted by molar-refractivity contribution is 6.27. The normalized spacial score (nSPS) is 13.3. The number of pyridine rings is 1. The molecule has 1 heteroatoms. The summed E-state index contributed by atoms with van der Waals surface area (Å²) in [5, 5.41) is 8.00. The van der Waals surface area contributed by atoms with Crippen molar-refractivity contribution in [2.45, 2.75) is 19.3 Å². The average molecular weight is 574 g/mol. The van der Waals surface area contributed by atoms with Gasteiger partial charge in [-0.05, 0) is 83.9 Å². The molecule has 0 atom stereocenters. The molecule has 0 unspecified atom stereocenters. The Morgan fingerprint density at radius 1 is 0.400 bits per heavy atom. The standard InChI is InChI=1S/C44H31N/c1-44(2)39-25-30(31-26-40(28-13-5-3-6-14-28)45-41(27-31)29-15-7-4-8-16-29)21-22-35(39)38-24-23-37-34-19-10-9-17-32(34)33-18-11-12-20-36(33)42(37)43(38)44/h3-27H,1-2H3. The first-order valence-electron chi connectivity index (χ1n) is 15.7. The summed E-state index contributed by atoms with van der Waals surface area (Å²) in [5.41, 5.74) is 11.9. The van der Waals surface area contributed by atoms with E-state index < -0.39 is 0 Å². The summed E-state index contributed by atoms with van der Waals surface area (Å²) in [6.45, 7) is 4.81. The molecular formula is C44H31N. The summed E-state index contributed by atoms with van der Waals surface area (Å²) in [5.74, 6) is 0. The number of fused-ring (bicyclic) bond motifs is 10. The zero-order valence-electron chi connectivity index (χ0n) is 25.4. The van der Waals surface area contributed by atoms with Crippen LogP contribution in [0.5, 0.6) is 0 Å². The van der Waals surface area contributed by atoms with Crippen molar-refractivity contribution < 1.29 is 0 Å². The van der Waals surface area contributed by atoms with Gasteiger partial charge in [0.1, 0.15) is 0 Å². The van der Waals surface area contributed by atoms with Crippen LogP contribution in [0.4, 0.5) is 0 Å². The second-order valence-electron chi connectivity index (χ2n) is 12.7. The van der Waals surface area contributed by atoms with E-state index in [0.717, 1.165) is 22.5 Å². The van der Waals surface area contributed by atoms with Crippen LogP contribution in [0.3, 0.4) is 0 Å². The first-order valence-corrected chi connectivity index (χ1v) is 15.7. The van der Waals surface area contributed by atoms with Crippen LogP contribution in [-0.2, 0) is 5.41 Å². The lowest BCUT2D eigenvalue weighted by atomic mass is 9.78. The second-order valence-corrected chi connectivity index (χ2v) is 12.7. The lowest BCUT2D eigenvalue weighted by Gasteiger charge is -2.25. The van der Waals surface area contributed by atoms with E-state index in [4.69, 9.17) is 4.98 Å². The molecule has 1 heterocycles. The summed E-state index contributed by atoms with van der Waals surface area (Å²) in [6.07, 6.45) is 0. The van der Waals surface area contributed by atoms with Crippen molar-refractivity contribution in [2.75, 3.05) is 0 Å². The van der Waals surface area contributed by atoms with Gasteiger partial charge in [-0.3, -0.25) is 0 Å². The van der Waals surface area contributed by atoms with Gasteiger partial charge in [0.15, 0.2) is 0 Å². The van der Waals surface area contributed by atoms with E-state index in [1.165, 1.54) is 65.7 Å². The second kappa shape index (κ2) is 9.74. The number of rotatable bonds is 3. The fourth-order valence-electron chi connectivity index (χ4n) is 7.69. The van der Waals surface area contributed by atoms with Crippen LogP contribution in [0.25, 0.3) is 77.1 Å². The van der Waals surface area contributed by atoms with Crippen molar-refractivity contribution >= 4 is 32.3 Å². The van der Waals surface area contributed by atoms with Gasteiger partial charge < -0.3 is 0 Å². The average Bonchev–Trinajstić information content (AvgIpc) is 3.34. The van der Waals surface area contributed by atoms with Crippen molar-refractivity contribution in [2.24, 2.45) is 0 Å². The van der Waals surface area contributed by atoms with Gasteiger partial charge in [-0.25, -0.2) is 4.98 Å². The third-order valence-corrected chi connectivity index (χ3v) is 9.82. The van der Waals surface area contributed by atoms with E-state index in [0.29, 0.717) is 0 Å². The van der Waals surface area contributed by atoms with Crippen LogP contribution in [-0.4, -0.2) is 4.98 Å².